The summed E-state index contributed by atoms with van der Waals surface area (Å²) in [5.41, 5.74) is 3.75. The molecule has 0 bridgehead atoms. The van der Waals surface area contributed by atoms with E-state index < -0.39 is 0 Å². The molecule has 0 spiro atoms. The molecule has 0 amide bonds. The molecule has 2 nitrogen and oxygen atoms in total. The van der Waals surface area contributed by atoms with Gasteiger partial charge in [-0.25, -0.2) is 0 Å². The molecule has 0 aliphatic carbocycles. The zero-order valence-electron chi connectivity index (χ0n) is 11.9. The predicted octanol–water partition coefficient (Wildman–Crippen LogP) is 4.43. The molecule has 0 aromatic heterocycles. The van der Waals surface area contributed by atoms with Gasteiger partial charge >= 0.3 is 0 Å². The number of hydrogen-bond donors (Lipinski definition) is 1. The van der Waals surface area contributed by atoms with Crippen LogP contribution in [0.1, 0.15) is 18.1 Å². The van der Waals surface area contributed by atoms with E-state index in [4.69, 9.17) is 4.74 Å². The lowest BCUT2D eigenvalue weighted by Gasteiger charge is -2.09. The Balaban J connectivity index is 1.91. The minimum absolute atomic E-state index is 0.543. The van der Waals surface area contributed by atoms with Crippen LogP contribution in [0.15, 0.2) is 61.2 Å². The first kappa shape index (κ1) is 14.2. The van der Waals surface area contributed by atoms with Crippen molar-refractivity contribution in [3.8, 4) is 5.75 Å². The van der Waals surface area contributed by atoms with Crippen molar-refractivity contribution < 1.29 is 4.74 Å². The van der Waals surface area contributed by atoms with Gasteiger partial charge in [0.25, 0.3) is 0 Å². The Kier molecular flexibility index (Phi) is 5.24. The highest BCUT2D eigenvalue weighted by atomic mass is 16.5. The van der Waals surface area contributed by atoms with Gasteiger partial charge in [0.1, 0.15) is 12.4 Å². The summed E-state index contributed by atoms with van der Waals surface area (Å²) in [7, 11) is 0. The smallest absolute Gasteiger partial charge is 0.119 e. The fourth-order valence-corrected chi connectivity index (χ4v) is 1.96. The van der Waals surface area contributed by atoms with Crippen molar-refractivity contribution in [2.45, 2.75) is 19.9 Å². The molecule has 2 aromatic rings. The summed E-state index contributed by atoms with van der Waals surface area (Å²) in [4.78, 5) is 0. The zero-order valence-corrected chi connectivity index (χ0v) is 11.9. The Morgan fingerprint density at radius 2 is 1.90 bits per heavy atom. The van der Waals surface area contributed by atoms with Gasteiger partial charge in [0, 0.05) is 12.2 Å². The first-order valence-corrected chi connectivity index (χ1v) is 6.97. The predicted molar refractivity (Wildman–Crippen MR) is 85.3 cm³/mol. The van der Waals surface area contributed by atoms with Crippen molar-refractivity contribution >= 4 is 5.69 Å². The third-order valence-electron chi connectivity index (χ3n) is 3.12. The second kappa shape index (κ2) is 7.39. The molecule has 0 saturated heterocycles. The number of ether oxygens (including phenoxy) is 1. The van der Waals surface area contributed by atoms with E-state index in [9.17, 15) is 0 Å². The maximum atomic E-state index is 5.46. The highest BCUT2D eigenvalue weighted by molar-refractivity contribution is 5.46. The van der Waals surface area contributed by atoms with E-state index in [2.05, 4.69) is 55.2 Å². The van der Waals surface area contributed by atoms with Gasteiger partial charge in [-0.3, -0.25) is 0 Å². The SMILES string of the molecule is C=CCOc1ccc(CNc2cccc(CC)c2)cc1. The van der Waals surface area contributed by atoms with Crippen LogP contribution in [0.5, 0.6) is 5.75 Å². The number of rotatable bonds is 7. The number of hydrogen-bond acceptors (Lipinski definition) is 2. The summed E-state index contributed by atoms with van der Waals surface area (Å²) in [6, 6.07) is 16.7. The summed E-state index contributed by atoms with van der Waals surface area (Å²) in [5.74, 6) is 0.877. The van der Waals surface area contributed by atoms with E-state index in [1.54, 1.807) is 6.08 Å². The summed E-state index contributed by atoms with van der Waals surface area (Å²) >= 11 is 0. The average Bonchev–Trinajstić information content (AvgIpc) is 2.52. The lowest BCUT2D eigenvalue weighted by molar-refractivity contribution is 0.363. The molecule has 2 heteroatoms. The van der Waals surface area contributed by atoms with Gasteiger partial charge in [-0.15, -0.1) is 0 Å². The standard InChI is InChI=1S/C18H21NO/c1-3-12-20-18-10-8-16(9-11-18)14-19-17-7-5-6-15(4-2)13-17/h3,5-11,13,19H,1,4,12,14H2,2H3. The molecule has 0 saturated carbocycles. The molecule has 0 aliphatic heterocycles. The van der Waals surface area contributed by atoms with E-state index in [0.29, 0.717) is 6.61 Å². The number of anilines is 1. The van der Waals surface area contributed by atoms with Crippen LogP contribution >= 0.6 is 0 Å². The average molecular weight is 267 g/mol. The third kappa shape index (κ3) is 4.16. The van der Waals surface area contributed by atoms with Crippen LogP contribution in [0.25, 0.3) is 0 Å². The van der Waals surface area contributed by atoms with Gasteiger partial charge in [-0.05, 0) is 41.8 Å². The molecule has 0 fully saturated rings. The van der Waals surface area contributed by atoms with Crippen LogP contribution < -0.4 is 10.1 Å². The summed E-state index contributed by atoms with van der Waals surface area (Å²) in [5, 5.41) is 3.44. The lowest BCUT2D eigenvalue weighted by atomic mass is 10.1. The van der Waals surface area contributed by atoms with E-state index in [-0.39, 0.29) is 0 Å². The highest BCUT2D eigenvalue weighted by Gasteiger charge is 1.97. The van der Waals surface area contributed by atoms with Gasteiger partial charge in [-0.2, -0.15) is 0 Å². The molecular formula is C18H21NO. The maximum absolute atomic E-state index is 5.46. The van der Waals surface area contributed by atoms with E-state index in [1.807, 2.05) is 12.1 Å². The lowest BCUT2D eigenvalue weighted by Crippen LogP contribution is -2.00. The van der Waals surface area contributed by atoms with Crippen LogP contribution in [-0.4, -0.2) is 6.61 Å². The fourth-order valence-electron chi connectivity index (χ4n) is 1.96. The van der Waals surface area contributed by atoms with Crippen LogP contribution in [0.3, 0.4) is 0 Å². The van der Waals surface area contributed by atoms with Gasteiger partial charge in [0.2, 0.25) is 0 Å². The molecule has 0 aliphatic rings. The molecule has 0 unspecified atom stereocenters. The Labute approximate surface area is 121 Å². The summed E-state index contributed by atoms with van der Waals surface area (Å²) < 4.78 is 5.46. The number of nitrogens with one attached hydrogen (secondary N) is 1. The maximum Gasteiger partial charge on any atom is 0.119 e. The van der Waals surface area contributed by atoms with E-state index in [0.717, 1.165) is 24.4 Å². The molecule has 2 rings (SSSR count). The van der Waals surface area contributed by atoms with Crippen LogP contribution in [0.4, 0.5) is 5.69 Å². The monoisotopic (exact) mass is 267 g/mol. The molecule has 0 heterocycles. The second-order valence-electron chi connectivity index (χ2n) is 4.65. The topological polar surface area (TPSA) is 21.3 Å². The van der Waals surface area contributed by atoms with Crippen molar-refractivity contribution in [1.82, 2.24) is 0 Å². The summed E-state index contributed by atoms with van der Waals surface area (Å²) in [6.07, 6.45) is 2.81. The first-order valence-electron chi connectivity index (χ1n) is 6.97. The zero-order chi connectivity index (χ0) is 14.2. The molecule has 1 N–H and O–H groups in total. The van der Waals surface area contributed by atoms with Gasteiger partial charge < -0.3 is 10.1 Å². The Hall–Kier alpha value is -2.22. The molecule has 0 atom stereocenters. The fraction of sp³-hybridized carbons (Fsp3) is 0.222. The second-order valence-corrected chi connectivity index (χ2v) is 4.65. The molecule has 2 aromatic carbocycles. The molecule has 0 radical (unpaired) electrons. The highest BCUT2D eigenvalue weighted by Crippen LogP contribution is 2.15. The number of benzene rings is 2. The van der Waals surface area contributed by atoms with Gasteiger partial charge in [0.05, 0.1) is 0 Å². The molecular weight excluding hydrogens is 246 g/mol. The van der Waals surface area contributed by atoms with Crippen molar-refractivity contribution in [3.05, 3.63) is 72.3 Å². The van der Waals surface area contributed by atoms with Crippen LogP contribution in [0.2, 0.25) is 0 Å². The van der Waals surface area contributed by atoms with Crippen molar-refractivity contribution in [3.63, 3.8) is 0 Å². The molecule has 20 heavy (non-hydrogen) atoms. The van der Waals surface area contributed by atoms with Crippen LogP contribution in [0, 0.1) is 0 Å². The van der Waals surface area contributed by atoms with Crippen molar-refractivity contribution in [2.75, 3.05) is 11.9 Å². The van der Waals surface area contributed by atoms with Gasteiger partial charge in [0.15, 0.2) is 0 Å². The number of aryl methyl sites for hydroxylation is 1. The van der Waals surface area contributed by atoms with Crippen molar-refractivity contribution in [2.24, 2.45) is 0 Å². The quantitative estimate of drug-likeness (QED) is 0.749. The van der Waals surface area contributed by atoms with Crippen molar-refractivity contribution in [1.29, 1.82) is 0 Å². The Bertz CT molecular complexity index is 546. The largest absolute Gasteiger partial charge is 0.490 e. The molecule has 104 valence electrons. The minimum Gasteiger partial charge on any atom is -0.490 e. The normalized spacial score (nSPS) is 10.1. The van der Waals surface area contributed by atoms with E-state index >= 15 is 0 Å². The van der Waals surface area contributed by atoms with E-state index in [1.165, 1.54) is 11.1 Å². The first-order chi connectivity index (χ1) is 9.81. The Morgan fingerprint density at radius 3 is 2.60 bits per heavy atom. The summed E-state index contributed by atoms with van der Waals surface area (Å²) in [6.45, 7) is 7.16. The Morgan fingerprint density at radius 1 is 1.10 bits per heavy atom. The van der Waals surface area contributed by atoms with Crippen LogP contribution in [-0.2, 0) is 13.0 Å². The minimum atomic E-state index is 0.543. The third-order valence-corrected chi connectivity index (χ3v) is 3.12. The van der Waals surface area contributed by atoms with Gasteiger partial charge in [-0.1, -0.05) is 43.8 Å².